The second kappa shape index (κ2) is 10.6. The molecule has 12 heteroatoms. The zero-order chi connectivity index (χ0) is 24.2. The average Bonchev–Trinajstić information content (AvgIpc) is 3.50. The van der Waals surface area contributed by atoms with Gasteiger partial charge in [-0.1, -0.05) is 23.1 Å². The minimum Gasteiger partial charge on any atom is -0.462 e. The van der Waals surface area contributed by atoms with Crippen LogP contribution in [0.25, 0.3) is 0 Å². The Bertz CT molecular complexity index is 1230. The number of hydrogen-bond donors (Lipinski definition) is 2. The average molecular weight is 521 g/mol. The lowest BCUT2D eigenvalue weighted by Gasteiger charge is -2.11. The van der Waals surface area contributed by atoms with Crippen LogP contribution in [0.15, 0.2) is 28.6 Å². The zero-order valence-electron chi connectivity index (χ0n) is 18.3. The number of esters is 1. The number of amides is 2. The minimum atomic E-state index is -0.527. The number of hydrogen-bond acceptors (Lipinski definition) is 9. The van der Waals surface area contributed by atoms with E-state index in [9.17, 15) is 18.8 Å². The number of thiophene rings is 1. The Morgan fingerprint density at radius 3 is 2.65 bits per heavy atom. The summed E-state index contributed by atoms with van der Waals surface area (Å²) in [4.78, 5) is 38.7. The van der Waals surface area contributed by atoms with Gasteiger partial charge in [0.1, 0.15) is 10.8 Å². The van der Waals surface area contributed by atoms with Crippen molar-refractivity contribution in [2.45, 2.75) is 42.7 Å². The van der Waals surface area contributed by atoms with Crippen LogP contribution in [-0.2, 0) is 22.4 Å². The van der Waals surface area contributed by atoms with Gasteiger partial charge in [-0.3, -0.25) is 14.9 Å². The largest absolute Gasteiger partial charge is 0.462 e. The molecule has 34 heavy (non-hydrogen) atoms. The third-order valence-corrected chi connectivity index (χ3v) is 8.25. The number of thioether (sulfide) groups is 1. The quantitative estimate of drug-likeness (QED) is 0.250. The molecule has 2 aromatic heterocycles. The number of fused-ring (bicyclic) bond motifs is 1. The second-order valence-corrected chi connectivity index (χ2v) is 11.0. The molecular formula is C22H21FN4O4S3. The first kappa shape index (κ1) is 24.3. The van der Waals surface area contributed by atoms with Gasteiger partial charge in [-0.15, -0.1) is 21.5 Å². The molecule has 1 unspecified atom stereocenters. The van der Waals surface area contributed by atoms with Gasteiger partial charge in [0.05, 0.1) is 17.4 Å². The van der Waals surface area contributed by atoms with E-state index in [-0.39, 0.29) is 17.6 Å². The molecule has 0 bridgehead atoms. The van der Waals surface area contributed by atoms with Crippen molar-refractivity contribution < 1.29 is 23.5 Å². The highest BCUT2D eigenvalue weighted by atomic mass is 32.2. The van der Waals surface area contributed by atoms with Crippen LogP contribution < -0.4 is 10.6 Å². The SMILES string of the molecule is CCOC(=O)c1c(NC(=O)C(C)Sc2nnc(NC(=O)c3ccc(F)cc3)s2)sc2c1CCC2. The lowest BCUT2D eigenvalue weighted by molar-refractivity contribution is -0.115. The maximum absolute atomic E-state index is 13.0. The first-order chi connectivity index (χ1) is 16.4. The number of carbonyl (C=O) groups excluding carboxylic acids is 3. The standard InChI is InChI=1S/C22H21FN4O4S3/c1-3-31-20(30)16-14-5-4-6-15(14)33-19(16)24-17(28)11(2)32-22-27-26-21(34-22)25-18(29)12-7-9-13(23)10-8-12/h7-11H,3-6H2,1-2H3,(H,24,28)(H,25,26,29). The molecule has 8 nitrogen and oxygen atoms in total. The fourth-order valence-corrected chi connectivity index (χ4v) is 6.58. The topological polar surface area (TPSA) is 110 Å². The van der Waals surface area contributed by atoms with Crippen molar-refractivity contribution in [3.05, 3.63) is 51.7 Å². The van der Waals surface area contributed by atoms with E-state index in [2.05, 4.69) is 20.8 Å². The number of benzene rings is 1. The fourth-order valence-electron chi connectivity index (χ4n) is 3.41. The Kier molecular flexibility index (Phi) is 7.59. The molecule has 2 heterocycles. The number of nitrogens with zero attached hydrogens (tertiary/aromatic N) is 2. The smallest absolute Gasteiger partial charge is 0.341 e. The van der Waals surface area contributed by atoms with Crippen LogP contribution in [0.3, 0.4) is 0 Å². The van der Waals surface area contributed by atoms with Crippen molar-refractivity contribution in [3.63, 3.8) is 0 Å². The Morgan fingerprint density at radius 1 is 1.15 bits per heavy atom. The van der Waals surface area contributed by atoms with Gasteiger partial charge in [0, 0.05) is 10.4 Å². The van der Waals surface area contributed by atoms with E-state index in [0.29, 0.717) is 20.5 Å². The lowest BCUT2D eigenvalue weighted by atomic mass is 10.1. The summed E-state index contributed by atoms with van der Waals surface area (Å²) in [5.74, 6) is -1.55. The van der Waals surface area contributed by atoms with Crippen molar-refractivity contribution in [3.8, 4) is 0 Å². The van der Waals surface area contributed by atoms with E-state index in [4.69, 9.17) is 4.74 Å². The van der Waals surface area contributed by atoms with Crippen LogP contribution in [-0.4, -0.2) is 39.8 Å². The number of nitrogens with one attached hydrogen (secondary N) is 2. The summed E-state index contributed by atoms with van der Waals surface area (Å²) < 4.78 is 18.7. The molecule has 2 amide bonds. The highest BCUT2D eigenvalue weighted by molar-refractivity contribution is 8.02. The third kappa shape index (κ3) is 5.45. The number of carbonyl (C=O) groups is 3. The minimum absolute atomic E-state index is 0.264. The predicted octanol–water partition coefficient (Wildman–Crippen LogP) is 4.78. The van der Waals surface area contributed by atoms with Gasteiger partial charge in [-0.05, 0) is 62.9 Å². The van der Waals surface area contributed by atoms with Crippen LogP contribution in [0.5, 0.6) is 0 Å². The van der Waals surface area contributed by atoms with E-state index in [0.717, 1.165) is 41.0 Å². The summed E-state index contributed by atoms with van der Waals surface area (Å²) in [5.41, 5.74) is 1.73. The van der Waals surface area contributed by atoms with Crippen LogP contribution in [0.2, 0.25) is 0 Å². The number of anilines is 2. The number of halogens is 1. The summed E-state index contributed by atoms with van der Waals surface area (Å²) in [6.45, 7) is 3.74. The second-order valence-electron chi connectivity index (χ2n) is 7.37. The molecule has 1 aliphatic rings. The Hall–Kier alpha value is -2.83. The first-order valence-electron chi connectivity index (χ1n) is 10.5. The number of aryl methyl sites for hydroxylation is 1. The van der Waals surface area contributed by atoms with Gasteiger partial charge in [-0.25, -0.2) is 9.18 Å². The molecule has 3 aromatic rings. The molecule has 2 N–H and O–H groups in total. The molecule has 1 aliphatic carbocycles. The fraction of sp³-hybridized carbons (Fsp3) is 0.318. The molecule has 0 fully saturated rings. The van der Waals surface area contributed by atoms with Crippen molar-refractivity contribution in [1.29, 1.82) is 0 Å². The van der Waals surface area contributed by atoms with Gasteiger partial charge in [-0.2, -0.15) is 0 Å². The summed E-state index contributed by atoms with van der Waals surface area (Å²) in [5, 5.41) is 13.7. The summed E-state index contributed by atoms with van der Waals surface area (Å²) >= 11 is 3.75. The van der Waals surface area contributed by atoms with E-state index < -0.39 is 22.9 Å². The molecule has 0 saturated heterocycles. The first-order valence-corrected chi connectivity index (χ1v) is 13.1. The van der Waals surface area contributed by atoms with E-state index >= 15 is 0 Å². The Morgan fingerprint density at radius 2 is 1.91 bits per heavy atom. The van der Waals surface area contributed by atoms with Crippen LogP contribution in [0, 0.1) is 5.82 Å². The van der Waals surface area contributed by atoms with Gasteiger partial charge in [0.2, 0.25) is 11.0 Å². The number of aromatic nitrogens is 2. The molecule has 4 rings (SSSR count). The number of ether oxygens (including phenoxy) is 1. The van der Waals surface area contributed by atoms with Crippen LogP contribution in [0.4, 0.5) is 14.5 Å². The van der Waals surface area contributed by atoms with Crippen molar-refractivity contribution >= 4 is 62.4 Å². The van der Waals surface area contributed by atoms with Crippen LogP contribution in [0.1, 0.15) is 51.4 Å². The van der Waals surface area contributed by atoms with E-state index in [1.54, 1.807) is 13.8 Å². The zero-order valence-corrected chi connectivity index (χ0v) is 20.8. The predicted molar refractivity (Wildman–Crippen MR) is 131 cm³/mol. The summed E-state index contributed by atoms with van der Waals surface area (Å²) in [7, 11) is 0. The molecular weight excluding hydrogens is 499 g/mol. The normalized spacial score (nSPS) is 13.3. The molecule has 0 spiro atoms. The van der Waals surface area contributed by atoms with Gasteiger partial charge < -0.3 is 10.1 Å². The molecule has 0 saturated carbocycles. The maximum atomic E-state index is 13.0. The molecule has 1 atom stereocenters. The highest BCUT2D eigenvalue weighted by Crippen LogP contribution is 2.40. The maximum Gasteiger partial charge on any atom is 0.341 e. The van der Waals surface area contributed by atoms with Crippen molar-refractivity contribution in [2.75, 3.05) is 17.2 Å². The number of rotatable bonds is 8. The van der Waals surface area contributed by atoms with E-state index in [1.807, 2.05) is 0 Å². The molecule has 178 valence electrons. The lowest BCUT2D eigenvalue weighted by Crippen LogP contribution is -2.23. The van der Waals surface area contributed by atoms with Crippen molar-refractivity contribution in [2.24, 2.45) is 0 Å². The molecule has 0 aliphatic heterocycles. The Balaban J connectivity index is 1.38. The van der Waals surface area contributed by atoms with Gasteiger partial charge >= 0.3 is 5.97 Å². The molecule has 1 aromatic carbocycles. The summed E-state index contributed by atoms with van der Waals surface area (Å²) in [6, 6.07) is 5.15. The monoisotopic (exact) mass is 520 g/mol. The highest BCUT2D eigenvalue weighted by Gasteiger charge is 2.29. The van der Waals surface area contributed by atoms with Gasteiger partial charge in [0.15, 0.2) is 4.34 Å². The van der Waals surface area contributed by atoms with E-state index in [1.165, 1.54) is 47.4 Å². The van der Waals surface area contributed by atoms with Gasteiger partial charge in [0.25, 0.3) is 5.91 Å². The van der Waals surface area contributed by atoms with Crippen LogP contribution >= 0.6 is 34.4 Å². The van der Waals surface area contributed by atoms with Crippen molar-refractivity contribution in [1.82, 2.24) is 10.2 Å². The Labute approximate surface area is 207 Å². The summed E-state index contributed by atoms with van der Waals surface area (Å²) in [6.07, 6.45) is 2.69. The molecule has 0 radical (unpaired) electrons. The third-order valence-electron chi connectivity index (χ3n) is 5.02.